The number of rotatable bonds is 2. The lowest BCUT2D eigenvalue weighted by Crippen LogP contribution is -2.43. The van der Waals surface area contributed by atoms with Crippen molar-refractivity contribution in [3.63, 3.8) is 0 Å². The van der Waals surface area contributed by atoms with Crippen molar-refractivity contribution in [2.45, 2.75) is 19.5 Å². The van der Waals surface area contributed by atoms with Crippen LogP contribution in [0.3, 0.4) is 0 Å². The molecule has 0 aromatic carbocycles. The Hall–Kier alpha value is -2.39. The summed E-state index contributed by atoms with van der Waals surface area (Å²) in [4.78, 5) is 20.0. The fourth-order valence-corrected chi connectivity index (χ4v) is 2.88. The van der Waals surface area contributed by atoms with Crippen LogP contribution in [0, 0.1) is 11.8 Å². The molecular formula is C13H14F3N5O2. The van der Waals surface area contributed by atoms with Crippen LogP contribution in [0.15, 0.2) is 12.4 Å². The summed E-state index contributed by atoms with van der Waals surface area (Å²) in [7, 11) is 0. The fraction of sp³-hybridized carbons (Fsp3) is 0.538. The number of carboxylic acid groups (broad SMARTS) is 1. The highest BCUT2D eigenvalue weighted by Gasteiger charge is 2.36. The molecule has 1 aliphatic rings. The molecule has 10 heteroatoms. The minimum absolute atomic E-state index is 0.0333. The molecule has 1 N–H and O–H groups in total. The Kier molecular flexibility index (Phi) is 3.61. The Morgan fingerprint density at radius 1 is 1.39 bits per heavy atom. The van der Waals surface area contributed by atoms with Crippen molar-refractivity contribution in [1.29, 1.82) is 0 Å². The number of hydrogen-bond acceptors (Lipinski definition) is 5. The molecule has 0 amide bonds. The molecule has 1 saturated heterocycles. The first-order chi connectivity index (χ1) is 10.8. The van der Waals surface area contributed by atoms with Crippen LogP contribution in [-0.2, 0) is 11.0 Å². The maximum atomic E-state index is 13.0. The molecule has 2 aromatic heterocycles. The number of nitrogens with zero attached hydrogens (tertiary/aromatic N) is 5. The predicted molar refractivity (Wildman–Crippen MR) is 72.9 cm³/mol. The van der Waals surface area contributed by atoms with Gasteiger partial charge >= 0.3 is 12.1 Å². The van der Waals surface area contributed by atoms with E-state index in [0.717, 1.165) is 12.4 Å². The van der Waals surface area contributed by atoms with Crippen LogP contribution in [0.1, 0.15) is 19.0 Å². The van der Waals surface area contributed by atoms with Crippen LogP contribution in [0.5, 0.6) is 0 Å². The van der Waals surface area contributed by atoms with Crippen molar-refractivity contribution >= 4 is 17.6 Å². The summed E-state index contributed by atoms with van der Waals surface area (Å²) >= 11 is 0. The molecule has 0 bridgehead atoms. The van der Waals surface area contributed by atoms with Crippen LogP contribution in [0.2, 0.25) is 0 Å². The van der Waals surface area contributed by atoms with Gasteiger partial charge in [-0.15, -0.1) is 0 Å². The lowest BCUT2D eigenvalue weighted by molar-refractivity contribution is -0.143. The summed E-state index contributed by atoms with van der Waals surface area (Å²) in [5.41, 5.74) is -1.07. The molecule has 0 aliphatic carbocycles. The second kappa shape index (κ2) is 5.36. The van der Waals surface area contributed by atoms with E-state index >= 15 is 0 Å². The van der Waals surface area contributed by atoms with Gasteiger partial charge in [0.15, 0.2) is 5.69 Å². The van der Waals surface area contributed by atoms with Gasteiger partial charge in [0.25, 0.3) is 5.78 Å². The molecule has 7 nitrogen and oxygen atoms in total. The highest BCUT2D eigenvalue weighted by atomic mass is 19.4. The van der Waals surface area contributed by atoms with E-state index in [-0.39, 0.29) is 24.1 Å². The van der Waals surface area contributed by atoms with E-state index in [9.17, 15) is 23.1 Å². The zero-order valence-corrected chi connectivity index (χ0v) is 12.2. The lowest BCUT2D eigenvalue weighted by Gasteiger charge is -2.36. The Morgan fingerprint density at radius 3 is 2.78 bits per heavy atom. The summed E-state index contributed by atoms with van der Waals surface area (Å²) < 4.78 is 40.3. The molecule has 23 heavy (non-hydrogen) atoms. The Balaban J connectivity index is 2.07. The highest BCUT2D eigenvalue weighted by molar-refractivity contribution is 5.71. The topological polar surface area (TPSA) is 83.6 Å². The van der Waals surface area contributed by atoms with E-state index in [1.54, 1.807) is 4.90 Å². The quantitative estimate of drug-likeness (QED) is 0.903. The fourth-order valence-electron chi connectivity index (χ4n) is 2.88. The number of aromatic nitrogens is 4. The molecule has 124 valence electrons. The molecule has 0 spiro atoms. The smallest absolute Gasteiger partial charge is 0.433 e. The van der Waals surface area contributed by atoms with E-state index in [1.165, 1.54) is 4.52 Å². The van der Waals surface area contributed by atoms with Gasteiger partial charge < -0.3 is 10.0 Å². The summed E-state index contributed by atoms with van der Waals surface area (Å²) in [6.07, 6.45) is -3.01. The number of aliphatic carboxylic acids is 1. The van der Waals surface area contributed by atoms with Crippen LogP contribution in [-0.4, -0.2) is 43.7 Å². The number of hydrogen-bond donors (Lipinski definition) is 1. The predicted octanol–water partition coefficient (Wildman–Crippen LogP) is 1.69. The number of halogens is 3. The van der Waals surface area contributed by atoms with Crippen LogP contribution in [0.4, 0.5) is 19.0 Å². The van der Waals surface area contributed by atoms with Gasteiger partial charge in [0.2, 0.25) is 0 Å². The zero-order chi connectivity index (χ0) is 16.8. The number of piperidine rings is 1. The molecule has 3 heterocycles. The van der Waals surface area contributed by atoms with Gasteiger partial charge in [0.05, 0.1) is 5.92 Å². The molecular weight excluding hydrogens is 315 g/mol. The van der Waals surface area contributed by atoms with Crippen molar-refractivity contribution in [2.75, 3.05) is 18.0 Å². The Labute approximate surface area is 128 Å². The van der Waals surface area contributed by atoms with Crippen LogP contribution in [0.25, 0.3) is 5.78 Å². The summed E-state index contributed by atoms with van der Waals surface area (Å²) in [6.45, 7) is 2.43. The molecule has 2 atom stereocenters. The van der Waals surface area contributed by atoms with Crippen molar-refractivity contribution in [2.24, 2.45) is 11.8 Å². The summed E-state index contributed by atoms with van der Waals surface area (Å²) in [5, 5.41) is 13.1. The maximum absolute atomic E-state index is 13.0. The minimum Gasteiger partial charge on any atom is -0.481 e. The van der Waals surface area contributed by atoms with Crippen molar-refractivity contribution < 1.29 is 23.1 Å². The molecule has 2 aromatic rings. The first-order valence-electron chi connectivity index (χ1n) is 7.01. The van der Waals surface area contributed by atoms with Gasteiger partial charge in [-0.2, -0.15) is 27.8 Å². The minimum atomic E-state index is -4.62. The zero-order valence-electron chi connectivity index (χ0n) is 12.2. The normalized spacial score (nSPS) is 22.5. The average molecular weight is 329 g/mol. The average Bonchev–Trinajstić information content (AvgIpc) is 2.92. The molecule has 0 saturated carbocycles. The molecule has 1 fully saturated rings. The second-order valence-corrected chi connectivity index (χ2v) is 5.75. The molecule has 2 unspecified atom stereocenters. The van der Waals surface area contributed by atoms with Gasteiger partial charge in [-0.1, -0.05) is 6.92 Å². The monoisotopic (exact) mass is 329 g/mol. The Bertz CT molecular complexity index is 745. The number of fused-ring (bicyclic) bond motifs is 1. The number of carboxylic acids is 1. The summed E-state index contributed by atoms with van der Waals surface area (Å²) in [6, 6.07) is 0.888. The second-order valence-electron chi connectivity index (χ2n) is 5.75. The molecule has 0 radical (unpaired) electrons. The van der Waals surface area contributed by atoms with Gasteiger partial charge in [0.1, 0.15) is 12.1 Å². The third-order valence-electron chi connectivity index (χ3n) is 3.86. The van der Waals surface area contributed by atoms with Crippen LogP contribution >= 0.6 is 0 Å². The third-order valence-corrected chi connectivity index (χ3v) is 3.86. The van der Waals surface area contributed by atoms with Gasteiger partial charge in [-0.25, -0.2) is 4.98 Å². The van der Waals surface area contributed by atoms with Crippen LogP contribution < -0.4 is 4.90 Å². The van der Waals surface area contributed by atoms with Crippen molar-refractivity contribution in [1.82, 2.24) is 19.6 Å². The van der Waals surface area contributed by atoms with E-state index in [1.807, 2.05) is 6.92 Å². The van der Waals surface area contributed by atoms with E-state index < -0.39 is 23.8 Å². The number of carbonyl (C=O) groups is 1. The number of anilines is 1. The summed E-state index contributed by atoms with van der Waals surface area (Å²) in [5.74, 6) is -1.58. The third kappa shape index (κ3) is 2.92. The van der Waals surface area contributed by atoms with Crippen molar-refractivity contribution in [3.05, 3.63) is 18.1 Å². The molecule has 1 aliphatic heterocycles. The standard InChI is InChI=1S/C13H14F3N5O2/c1-7-2-8(11(22)23)5-20(4-7)10-3-9(13(14,15)16)19-12-17-6-18-21(10)12/h3,6-8H,2,4-5H2,1H3,(H,22,23). The molecule has 3 rings (SSSR count). The SMILES string of the molecule is CC1CC(C(=O)O)CN(c2cc(C(F)(F)F)nc3ncnn23)C1. The Morgan fingerprint density at radius 2 is 2.13 bits per heavy atom. The number of alkyl halides is 3. The van der Waals surface area contributed by atoms with Crippen molar-refractivity contribution in [3.8, 4) is 0 Å². The lowest BCUT2D eigenvalue weighted by atomic mass is 9.90. The first kappa shape index (κ1) is 15.5. The van der Waals surface area contributed by atoms with Gasteiger partial charge in [0, 0.05) is 19.2 Å². The van der Waals surface area contributed by atoms with Gasteiger partial charge in [-0.3, -0.25) is 4.79 Å². The highest BCUT2D eigenvalue weighted by Crippen LogP contribution is 2.32. The van der Waals surface area contributed by atoms with E-state index in [0.29, 0.717) is 13.0 Å². The largest absolute Gasteiger partial charge is 0.481 e. The maximum Gasteiger partial charge on any atom is 0.433 e. The van der Waals surface area contributed by atoms with E-state index in [4.69, 9.17) is 0 Å². The van der Waals surface area contributed by atoms with Gasteiger partial charge in [-0.05, 0) is 12.3 Å². The van der Waals surface area contributed by atoms with E-state index in [2.05, 4.69) is 15.1 Å². The first-order valence-corrected chi connectivity index (χ1v) is 7.01.